The van der Waals surface area contributed by atoms with E-state index in [0.29, 0.717) is 42.8 Å². The van der Waals surface area contributed by atoms with Crippen molar-refractivity contribution in [1.82, 2.24) is 29.6 Å². The highest BCUT2D eigenvalue weighted by atomic mass is 32.1. The van der Waals surface area contributed by atoms with E-state index < -0.39 is 17.8 Å². The summed E-state index contributed by atoms with van der Waals surface area (Å²) in [6.45, 7) is 4.32. The van der Waals surface area contributed by atoms with Gasteiger partial charge in [0.15, 0.2) is 28.8 Å². The molecule has 2 aliphatic heterocycles. The normalized spacial score (nSPS) is 17.2. The van der Waals surface area contributed by atoms with Gasteiger partial charge < -0.3 is 30.3 Å². The molecule has 1 atom stereocenters. The molecular formula is C30H35FN6O6S. The first-order valence-electron chi connectivity index (χ1n) is 14.3. The van der Waals surface area contributed by atoms with Gasteiger partial charge in [-0.1, -0.05) is 13.0 Å². The number of fused-ring (bicyclic) bond motifs is 16. The molecule has 2 aliphatic rings. The molecule has 0 saturated heterocycles. The number of hydrogen-bond donors (Lipinski definition) is 3. The number of amides is 4. The summed E-state index contributed by atoms with van der Waals surface area (Å²) in [6.07, 6.45) is 1.21. The summed E-state index contributed by atoms with van der Waals surface area (Å²) in [5, 5.41) is 8.30. The third-order valence-electron chi connectivity index (χ3n) is 7.03. The van der Waals surface area contributed by atoms with E-state index in [1.54, 1.807) is 36.9 Å². The number of hydrogen-bond acceptors (Lipinski definition) is 9. The van der Waals surface area contributed by atoms with Gasteiger partial charge in [0.05, 0.1) is 24.5 Å². The van der Waals surface area contributed by atoms with E-state index in [1.807, 2.05) is 0 Å². The van der Waals surface area contributed by atoms with Crippen LogP contribution in [0, 0.1) is 12.7 Å². The fourth-order valence-corrected chi connectivity index (χ4v) is 5.12. The van der Waals surface area contributed by atoms with Crippen LogP contribution in [0.15, 0.2) is 36.4 Å². The van der Waals surface area contributed by atoms with Gasteiger partial charge in [-0.05, 0) is 62.1 Å². The fraction of sp³-hybridized carbons (Fsp3) is 0.400. The van der Waals surface area contributed by atoms with Crippen molar-refractivity contribution in [3.05, 3.63) is 64.7 Å². The van der Waals surface area contributed by atoms with Gasteiger partial charge >= 0.3 is 0 Å². The Labute approximate surface area is 258 Å². The molecule has 44 heavy (non-hydrogen) atoms. The number of methoxy groups -OCH3 is 1. The maximum atomic E-state index is 15.0. The Kier molecular flexibility index (Phi) is 11.2. The van der Waals surface area contributed by atoms with Gasteiger partial charge in [0.25, 0.3) is 11.8 Å². The summed E-state index contributed by atoms with van der Waals surface area (Å²) in [7, 11) is 1.43. The van der Waals surface area contributed by atoms with Crippen molar-refractivity contribution in [2.24, 2.45) is 0 Å². The lowest BCUT2D eigenvalue weighted by Gasteiger charge is -2.22. The van der Waals surface area contributed by atoms with Crippen molar-refractivity contribution in [3.8, 4) is 17.2 Å². The highest BCUT2D eigenvalue weighted by Gasteiger charge is 2.23. The van der Waals surface area contributed by atoms with Gasteiger partial charge in [-0.3, -0.25) is 19.2 Å². The number of ether oxygens (including phenoxy) is 2. The van der Waals surface area contributed by atoms with E-state index >= 15 is 0 Å². The first kappa shape index (κ1) is 32.3. The Bertz CT molecular complexity index is 1510. The lowest BCUT2D eigenvalue weighted by molar-refractivity contribution is -0.129. The molecule has 4 amide bonds. The van der Waals surface area contributed by atoms with Gasteiger partial charge in [0, 0.05) is 38.2 Å². The van der Waals surface area contributed by atoms with E-state index in [1.165, 1.54) is 25.3 Å². The van der Waals surface area contributed by atoms with Crippen LogP contribution in [0.25, 0.3) is 0 Å². The summed E-state index contributed by atoms with van der Waals surface area (Å²) >= 11 is 0.947. The highest BCUT2D eigenvalue weighted by molar-refractivity contribution is 6.99. The summed E-state index contributed by atoms with van der Waals surface area (Å²) in [5.41, 5.74) is 1.52. The smallest absolute Gasteiger partial charge is 0.275 e. The van der Waals surface area contributed by atoms with Gasteiger partial charge in [-0.2, -0.15) is 8.75 Å². The molecule has 3 N–H and O–H groups in total. The molecule has 4 bridgehead atoms. The molecule has 0 fully saturated rings. The van der Waals surface area contributed by atoms with Crippen molar-refractivity contribution in [3.63, 3.8) is 0 Å². The maximum Gasteiger partial charge on any atom is 0.275 e. The maximum absolute atomic E-state index is 15.0. The monoisotopic (exact) mass is 626 g/mol. The average Bonchev–Trinajstić information content (AvgIpc) is 3.45. The molecule has 1 aromatic heterocycles. The van der Waals surface area contributed by atoms with Crippen molar-refractivity contribution < 1.29 is 33.0 Å². The van der Waals surface area contributed by atoms with Crippen molar-refractivity contribution in [2.45, 2.75) is 52.1 Å². The average molecular weight is 627 g/mol. The van der Waals surface area contributed by atoms with Crippen LogP contribution >= 0.6 is 11.7 Å². The molecule has 12 nitrogen and oxygen atoms in total. The zero-order chi connectivity index (χ0) is 31.6. The van der Waals surface area contributed by atoms with Gasteiger partial charge in [-0.15, -0.1) is 0 Å². The van der Waals surface area contributed by atoms with Crippen molar-refractivity contribution in [1.29, 1.82) is 0 Å². The molecule has 3 aromatic rings. The number of nitrogens with one attached hydrogen (secondary N) is 3. The molecule has 0 saturated carbocycles. The Balaban J connectivity index is 1.57. The lowest BCUT2D eigenvalue weighted by atomic mass is 10.1. The van der Waals surface area contributed by atoms with Crippen LogP contribution in [0.5, 0.6) is 17.2 Å². The molecule has 0 aliphatic carbocycles. The van der Waals surface area contributed by atoms with Crippen molar-refractivity contribution >= 4 is 35.4 Å². The molecule has 0 radical (unpaired) electrons. The minimum absolute atomic E-state index is 0.0311. The first-order chi connectivity index (χ1) is 21.2. The molecule has 0 unspecified atom stereocenters. The number of rotatable bonds is 3. The Morgan fingerprint density at radius 1 is 1.09 bits per heavy atom. The molecule has 5 rings (SSSR count). The zero-order valence-corrected chi connectivity index (χ0v) is 25.6. The minimum atomic E-state index is -0.777. The van der Waals surface area contributed by atoms with E-state index in [4.69, 9.17) is 9.47 Å². The van der Waals surface area contributed by atoms with E-state index in [9.17, 15) is 23.6 Å². The Hall–Kier alpha value is -4.59. The lowest BCUT2D eigenvalue weighted by Crippen LogP contribution is -2.46. The van der Waals surface area contributed by atoms with Crippen LogP contribution in [0.2, 0.25) is 0 Å². The minimum Gasteiger partial charge on any atom is -0.493 e. The molecule has 3 heterocycles. The van der Waals surface area contributed by atoms with Crippen LogP contribution in [0.4, 0.5) is 4.39 Å². The SMILES string of the molecule is CC[C@@H]1NC(=O)CCCN(C(=O)c2nsnc2C)CCCNC(=O)c2ccc(OC)c(c2)Oc2ccc(cc2F)CNC1=O. The van der Waals surface area contributed by atoms with Crippen LogP contribution in [0.1, 0.15) is 64.7 Å². The predicted octanol–water partition coefficient (Wildman–Crippen LogP) is 3.35. The fourth-order valence-electron chi connectivity index (χ4n) is 4.58. The summed E-state index contributed by atoms with van der Waals surface area (Å²) in [6, 6.07) is 8.07. The largest absolute Gasteiger partial charge is 0.493 e. The van der Waals surface area contributed by atoms with Crippen molar-refractivity contribution in [2.75, 3.05) is 26.7 Å². The molecule has 14 heteroatoms. The quantitative estimate of drug-likeness (QED) is 0.401. The van der Waals surface area contributed by atoms with Crippen LogP contribution < -0.4 is 25.4 Å². The number of aryl methyl sites for hydroxylation is 1. The second kappa shape index (κ2) is 15.2. The number of carbonyl (C=O) groups is 4. The Morgan fingerprint density at radius 2 is 1.89 bits per heavy atom. The van der Waals surface area contributed by atoms with E-state index in [0.717, 1.165) is 11.7 Å². The number of nitrogens with zero attached hydrogens (tertiary/aromatic N) is 3. The van der Waals surface area contributed by atoms with Gasteiger partial charge in [0.1, 0.15) is 6.04 Å². The van der Waals surface area contributed by atoms with Crippen LogP contribution in [-0.4, -0.2) is 70.1 Å². The molecule has 2 aromatic carbocycles. The number of benzene rings is 2. The summed E-state index contributed by atoms with van der Waals surface area (Å²) < 4.78 is 34.3. The van der Waals surface area contributed by atoms with E-state index in [2.05, 4.69) is 24.7 Å². The number of halogens is 1. The molecular weight excluding hydrogens is 591 g/mol. The third-order valence-corrected chi connectivity index (χ3v) is 7.65. The molecule has 234 valence electrons. The first-order valence-corrected chi connectivity index (χ1v) is 15.0. The summed E-state index contributed by atoms with van der Waals surface area (Å²) in [4.78, 5) is 53.3. The zero-order valence-electron chi connectivity index (χ0n) is 24.8. The third kappa shape index (κ3) is 8.28. The second-order valence-corrected chi connectivity index (χ2v) is 10.7. The van der Waals surface area contributed by atoms with Gasteiger partial charge in [-0.25, -0.2) is 4.39 Å². The molecule has 0 spiro atoms. The standard InChI is InChI=1S/C30H35FN6O6S/c1-4-22-29(40)33-17-19-8-10-23(21(31)15-19)43-25-16-20(9-11-24(25)42-3)28(39)32-12-6-14-37(13-5-7-26(38)34-22)30(41)27-18(2)35-44-36-27/h8-11,15-16,22H,4-7,12-14,17H2,1-3H3,(H,32,39)(H,33,40)(H,34,38)/t22-/m0/s1. The topological polar surface area (TPSA) is 152 Å². The Morgan fingerprint density at radius 3 is 2.59 bits per heavy atom. The highest BCUT2D eigenvalue weighted by Crippen LogP contribution is 2.34. The van der Waals surface area contributed by atoms with Crippen LogP contribution in [0.3, 0.4) is 0 Å². The summed E-state index contributed by atoms with van der Waals surface area (Å²) in [5.74, 6) is -1.75. The second-order valence-electron chi connectivity index (χ2n) is 10.2. The predicted molar refractivity (Wildman–Crippen MR) is 160 cm³/mol. The number of aromatic nitrogens is 2. The van der Waals surface area contributed by atoms with Crippen LogP contribution in [-0.2, 0) is 16.1 Å². The number of carbonyl (C=O) groups excluding carboxylic acids is 4. The van der Waals surface area contributed by atoms with Gasteiger partial charge in [0.2, 0.25) is 11.8 Å². The van der Waals surface area contributed by atoms with E-state index in [-0.39, 0.29) is 66.5 Å².